The summed E-state index contributed by atoms with van der Waals surface area (Å²) in [6.45, 7) is 0.819. The number of alkyl halides is 3. The standard InChI is InChI=1S/C12H14F3NO3/c1-2-9(16-18)8-5-3-4-6-10(8)19-7-11(17)12(13,14)15/h3-6,11,17-18H,2,7H2,1H3. The molecule has 1 atom stereocenters. The molecule has 0 bridgehead atoms. The number of aliphatic hydroxyl groups is 1. The van der Waals surface area contributed by atoms with Gasteiger partial charge in [-0.15, -0.1) is 0 Å². The van der Waals surface area contributed by atoms with Crippen LogP contribution in [0.25, 0.3) is 0 Å². The van der Waals surface area contributed by atoms with E-state index in [4.69, 9.17) is 15.1 Å². The molecule has 4 nitrogen and oxygen atoms in total. The Morgan fingerprint density at radius 1 is 1.37 bits per heavy atom. The lowest BCUT2D eigenvalue weighted by Gasteiger charge is -2.17. The maximum Gasteiger partial charge on any atom is 0.417 e. The first-order chi connectivity index (χ1) is 8.90. The van der Waals surface area contributed by atoms with E-state index in [1.165, 1.54) is 6.07 Å². The lowest BCUT2D eigenvalue weighted by atomic mass is 10.1. The molecular formula is C12H14F3NO3. The van der Waals surface area contributed by atoms with Gasteiger partial charge in [-0.05, 0) is 18.6 Å². The van der Waals surface area contributed by atoms with Crippen LogP contribution in [-0.2, 0) is 0 Å². The Labute approximate surface area is 108 Å². The van der Waals surface area contributed by atoms with Crippen molar-refractivity contribution in [2.24, 2.45) is 5.16 Å². The van der Waals surface area contributed by atoms with Crippen molar-refractivity contribution in [1.29, 1.82) is 0 Å². The van der Waals surface area contributed by atoms with Crippen LogP contribution in [0.4, 0.5) is 13.2 Å². The normalized spacial score (nSPS) is 14.3. The zero-order valence-electron chi connectivity index (χ0n) is 10.2. The van der Waals surface area contributed by atoms with Crippen molar-refractivity contribution in [2.75, 3.05) is 6.61 Å². The monoisotopic (exact) mass is 277 g/mol. The molecule has 0 aliphatic rings. The number of benzene rings is 1. The highest BCUT2D eigenvalue weighted by molar-refractivity contribution is 6.02. The summed E-state index contributed by atoms with van der Waals surface area (Å²) >= 11 is 0. The summed E-state index contributed by atoms with van der Waals surface area (Å²) in [7, 11) is 0. The van der Waals surface area contributed by atoms with Crippen LogP contribution in [0, 0.1) is 0 Å². The van der Waals surface area contributed by atoms with Crippen LogP contribution >= 0.6 is 0 Å². The molecule has 2 N–H and O–H groups in total. The first-order valence-corrected chi connectivity index (χ1v) is 5.58. The third-order valence-corrected chi connectivity index (χ3v) is 2.43. The molecule has 7 heteroatoms. The summed E-state index contributed by atoms with van der Waals surface area (Å²) in [6.07, 6.45) is -6.90. The van der Waals surface area contributed by atoms with Gasteiger partial charge in [0.15, 0.2) is 6.10 Å². The minimum atomic E-state index is -4.73. The Balaban J connectivity index is 2.85. The SMILES string of the molecule is CCC(=NO)c1ccccc1OCC(O)C(F)(F)F. The number of hydrogen-bond donors (Lipinski definition) is 2. The van der Waals surface area contributed by atoms with E-state index in [0.29, 0.717) is 12.0 Å². The van der Waals surface area contributed by atoms with Crippen LogP contribution in [0.2, 0.25) is 0 Å². The average Bonchev–Trinajstić information content (AvgIpc) is 2.37. The predicted molar refractivity (Wildman–Crippen MR) is 62.6 cm³/mol. The molecule has 0 aromatic heterocycles. The van der Waals surface area contributed by atoms with Gasteiger partial charge in [0.2, 0.25) is 0 Å². The molecule has 0 spiro atoms. The number of rotatable bonds is 5. The fourth-order valence-corrected chi connectivity index (χ4v) is 1.41. The summed E-state index contributed by atoms with van der Waals surface area (Å²) in [5.74, 6) is 0.125. The van der Waals surface area contributed by atoms with Crippen LogP contribution in [0.3, 0.4) is 0 Å². The Hall–Kier alpha value is -1.76. The second kappa shape index (κ2) is 6.42. The second-order valence-electron chi connectivity index (χ2n) is 3.76. The van der Waals surface area contributed by atoms with Gasteiger partial charge in [0.1, 0.15) is 12.4 Å². The fraction of sp³-hybridized carbons (Fsp3) is 0.417. The molecular weight excluding hydrogens is 263 g/mol. The molecule has 0 amide bonds. The van der Waals surface area contributed by atoms with Gasteiger partial charge in [-0.2, -0.15) is 13.2 Å². The van der Waals surface area contributed by atoms with Crippen molar-refractivity contribution in [1.82, 2.24) is 0 Å². The number of halogens is 3. The van der Waals surface area contributed by atoms with Gasteiger partial charge in [-0.1, -0.05) is 24.2 Å². The number of hydrogen-bond acceptors (Lipinski definition) is 4. The summed E-state index contributed by atoms with van der Waals surface area (Å²) < 4.78 is 41.4. The second-order valence-corrected chi connectivity index (χ2v) is 3.76. The molecule has 1 unspecified atom stereocenters. The smallest absolute Gasteiger partial charge is 0.417 e. The van der Waals surface area contributed by atoms with Crippen molar-refractivity contribution in [3.8, 4) is 5.75 Å². The summed E-state index contributed by atoms with van der Waals surface area (Å²) in [6, 6.07) is 6.22. The topological polar surface area (TPSA) is 62.1 Å². The Kier molecular flexibility index (Phi) is 5.17. The van der Waals surface area contributed by atoms with E-state index in [-0.39, 0.29) is 11.5 Å². The first kappa shape index (κ1) is 15.3. The molecule has 0 fully saturated rings. The van der Waals surface area contributed by atoms with E-state index < -0.39 is 18.9 Å². The van der Waals surface area contributed by atoms with Crippen LogP contribution in [0.5, 0.6) is 5.75 Å². The fourth-order valence-electron chi connectivity index (χ4n) is 1.41. The highest BCUT2D eigenvalue weighted by atomic mass is 19.4. The number of aliphatic hydroxyl groups excluding tert-OH is 1. The largest absolute Gasteiger partial charge is 0.490 e. The Morgan fingerprint density at radius 3 is 2.53 bits per heavy atom. The van der Waals surface area contributed by atoms with Crippen LogP contribution in [0.1, 0.15) is 18.9 Å². The van der Waals surface area contributed by atoms with E-state index in [1.807, 2.05) is 0 Å². The van der Waals surface area contributed by atoms with Crippen molar-refractivity contribution < 1.29 is 28.2 Å². The molecule has 0 saturated carbocycles. The molecule has 0 saturated heterocycles. The van der Waals surface area contributed by atoms with E-state index in [0.717, 1.165) is 0 Å². The molecule has 1 aromatic carbocycles. The van der Waals surface area contributed by atoms with Crippen molar-refractivity contribution >= 4 is 5.71 Å². The van der Waals surface area contributed by atoms with E-state index in [2.05, 4.69) is 5.16 Å². The molecule has 1 rings (SSSR count). The molecule has 19 heavy (non-hydrogen) atoms. The summed E-state index contributed by atoms with van der Waals surface area (Å²) in [5, 5.41) is 20.7. The maximum absolute atomic E-state index is 12.1. The van der Waals surface area contributed by atoms with Gasteiger partial charge < -0.3 is 15.1 Å². The summed E-state index contributed by atoms with van der Waals surface area (Å²) in [4.78, 5) is 0. The molecule has 0 aliphatic heterocycles. The zero-order chi connectivity index (χ0) is 14.5. The Morgan fingerprint density at radius 2 is 2.00 bits per heavy atom. The third-order valence-electron chi connectivity index (χ3n) is 2.43. The van der Waals surface area contributed by atoms with E-state index in [9.17, 15) is 13.2 Å². The number of ether oxygens (including phenoxy) is 1. The molecule has 0 radical (unpaired) electrons. The van der Waals surface area contributed by atoms with Crippen molar-refractivity contribution in [2.45, 2.75) is 25.6 Å². The average molecular weight is 277 g/mol. The predicted octanol–water partition coefficient (Wildman–Crippen LogP) is 2.58. The Bertz CT molecular complexity index is 446. The van der Waals surface area contributed by atoms with Gasteiger partial charge in [0, 0.05) is 5.56 Å². The summed E-state index contributed by atoms with van der Waals surface area (Å²) in [5.41, 5.74) is 0.680. The van der Waals surface area contributed by atoms with Gasteiger partial charge in [0.25, 0.3) is 0 Å². The highest BCUT2D eigenvalue weighted by Gasteiger charge is 2.38. The van der Waals surface area contributed by atoms with Gasteiger partial charge in [-0.3, -0.25) is 0 Å². The van der Waals surface area contributed by atoms with Crippen molar-refractivity contribution in [3.05, 3.63) is 29.8 Å². The minimum Gasteiger partial charge on any atom is -0.490 e. The van der Waals surface area contributed by atoms with Crippen molar-refractivity contribution in [3.63, 3.8) is 0 Å². The van der Waals surface area contributed by atoms with Gasteiger partial charge in [0.05, 0.1) is 5.71 Å². The third kappa shape index (κ3) is 4.13. The zero-order valence-corrected chi connectivity index (χ0v) is 10.2. The molecule has 1 aromatic rings. The number of para-hydroxylation sites is 1. The van der Waals surface area contributed by atoms with Crippen LogP contribution in [0.15, 0.2) is 29.4 Å². The molecule has 0 aliphatic carbocycles. The quantitative estimate of drug-likeness (QED) is 0.494. The van der Waals surface area contributed by atoms with E-state index in [1.54, 1.807) is 25.1 Å². The van der Waals surface area contributed by atoms with E-state index >= 15 is 0 Å². The van der Waals surface area contributed by atoms with Crippen LogP contribution in [-0.4, -0.2) is 34.9 Å². The van der Waals surface area contributed by atoms with Crippen LogP contribution < -0.4 is 4.74 Å². The highest BCUT2D eigenvalue weighted by Crippen LogP contribution is 2.24. The lowest BCUT2D eigenvalue weighted by Crippen LogP contribution is -2.34. The lowest BCUT2D eigenvalue weighted by molar-refractivity contribution is -0.210. The minimum absolute atomic E-state index is 0.125. The molecule has 0 heterocycles. The number of nitrogens with zero attached hydrogens (tertiary/aromatic N) is 1. The number of oxime groups is 1. The first-order valence-electron chi connectivity index (χ1n) is 5.58. The maximum atomic E-state index is 12.1. The van der Waals surface area contributed by atoms with Gasteiger partial charge in [-0.25, -0.2) is 0 Å². The van der Waals surface area contributed by atoms with Gasteiger partial charge >= 0.3 is 6.18 Å². The molecule has 106 valence electrons.